The number of aryl methyl sites for hydroxylation is 1. The van der Waals surface area contributed by atoms with E-state index in [4.69, 9.17) is 5.73 Å². The van der Waals surface area contributed by atoms with Crippen molar-refractivity contribution in [2.24, 2.45) is 11.7 Å². The minimum absolute atomic E-state index is 0. The van der Waals surface area contributed by atoms with Gasteiger partial charge < -0.3 is 11.1 Å². The topological polar surface area (TPSA) is 72.9 Å². The van der Waals surface area contributed by atoms with Crippen molar-refractivity contribution in [1.82, 2.24) is 15.1 Å². The fraction of sp³-hybridized carbons (Fsp3) is 0.667. The average molecular weight is 275 g/mol. The number of hydrogen-bond acceptors (Lipinski definition) is 3. The summed E-state index contributed by atoms with van der Waals surface area (Å²) in [6.07, 6.45) is 4.65. The number of halogens is 1. The first-order valence-corrected chi connectivity index (χ1v) is 6.07. The van der Waals surface area contributed by atoms with E-state index in [0.717, 1.165) is 12.0 Å². The zero-order chi connectivity index (χ0) is 12.8. The highest BCUT2D eigenvalue weighted by Gasteiger charge is 2.18. The molecule has 0 bridgehead atoms. The van der Waals surface area contributed by atoms with E-state index < -0.39 is 6.04 Å². The van der Waals surface area contributed by atoms with Gasteiger partial charge in [-0.1, -0.05) is 20.3 Å². The Balaban J connectivity index is 0.00000289. The van der Waals surface area contributed by atoms with Gasteiger partial charge in [0.25, 0.3) is 0 Å². The number of carbonyl (C=O) groups excluding carboxylic acids is 1. The van der Waals surface area contributed by atoms with Gasteiger partial charge in [0, 0.05) is 12.7 Å². The summed E-state index contributed by atoms with van der Waals surface area (Å²) in [7, 11) is 0. The monoisotopic (exact) mass is 274 g/mol. The van der Waals surface area contributed by atoms with Crippen LogP contribution in [-0.2, 0) is 11.3 Å². The molecular weight excluding hydrogens is 252 g/mol. The van der Waals surface area contributed by atoms with Gasteiger partial charge >= 0.3 is 0 Å². The molecule has 0 aliphatic heterocycles. The van der Waals surface area contributed by atoms with Gasteiger partial charge in [-0.2, -0.15) is 5.10 Å². The molecule has 0 aromatic carbocycles. The molecule has 5 nitrogen and oxygen atoms in total. The number of amides is 1. The molecule has 0 saturated carbocycles. The molecule has 0 spiro atoms. The summed E-state index contributed by atoms with van der Waals surface area (Å²) >= 11 is 0. The van der Waals surface area contributed by atoms with Crippen LogP contribution in [0.3, 0.4) is 0 Å². The van der Waals surface area contributed by atoms with Gasteiger partial charge in [-0.15, -0.1) is 12.4 Å². The van der Waals surface area contributed by atoms with Crippen molar-refractivity contribution < 1.29 is 4.79 Å². The standard InChI is InChI=1S/C12H22N4O.ClH/c1-4-10(3)11(13)12(17)14-5-6-16-8-9(2)7-15-16;/h7-8,10-11H,4-6,13H2,1-3H3,(H,14,17);1H. The summed E-state index contributed by atoms with van der Waals surface area (Å²) in [5, 5.41) is 6.97. The number of hydrogen-bond donors (Lipinski definition) is 2. The lowest BCUT2D eigenvalue weighted by Gasteiger charge is -2.17. The molecule has 1 heterocycles. The molecular formula is C12H23ClN4O. The number of rotatable bonds is 6. The van der Waals surface area contributed by atoms with E-state index in [1.807, 2.05) is 31.6 Å². The molecule has 0 saturated heterocycles. The summed E-state index contributed by atoms with van der Waals surface area (Å²) in [6, 6.07) is -0.417. The third-order valence-corrected chi connectivity index (χ3v) is 2.96. The molecule has 6 heteroatoms. The van der Waals surface area contributed by atoms with E-state index in [9.17, 15) is 4.79 Å². The second-order valence-electron chi connectivity index (χ2n) is 4.48. The summed E-state index contributed by atoms with van der Waals surface area (Å²) < 4.78 is 1.81. The maximum atomic E-state index is 11.7. The Morgan fingerprint density at radius 2 is 2.28 bits per heavy atom. The molecule has 104 valence electrons. The Hall–Kier alpha value is -1.07. The van der Waals surface area contributed by atoms with Crippen LogP contribution in [0.2, 0.25) is 0 Å². The van der Waals surface area contributed by atoms with Crippen LogP contribution in [-0.4, -0.2) is 28.3 Å². The first-order valence-electron chi connectivity index (χ1n) is 6.07. The normalized spacial score (nSPS) is 13.6. The highest BCUT2D eigenvalue weighted by Crippen LogP contribution is 2.04. The predicted octanol–water partition coefficient (Wildman–Crippen LogP) is 1.10. The molecule has 18 heavy (non-hydrogen) atoms. The molecule has 1 aromatic rings. The molecule has 2 atom stereocenters. The van der Waals surface area contributed by atoms with Gasteiger partial charge in [-0.3, -0.25) is 9.48 Å². The molecule has 3 N–H and O–H groups in total. The van der Waals surface area contributed by atoms with E-state index in [1.165, 1.54) is 0 Å². The summed E-state index contributed by atoms with van der Waals surface area (Å²) in [6.45, 7) is 7.24. The maximum Gasteiger partial charge on any atom is 0.237 e. The number of carbonyl (C=O) groups is 1. The lowest BCUT2D eigenvalue weighted by Crippen LogP contribution is -2.45. The van der Waals surface area contributed by atoms with Gasteiger partial charge in [-0.05, 0) is 18.4 Å². The van der Waals surface area contributed by atoms with Crippen LogP contribution in [0.25, 0.3) is 0 Å². The van der Waals surface area contributed by atoms with E-state index in [1.54, 1.807) is 6.20 Å². The van der Waals surface area contributed by atoms with Crippen LogP contribution in [0.15, 0.2) is 12.4 Å². The first-order chi connectivity index (χ1) is 8.04. The summed E-state index contributed by atoms with van der Waals surface area (Å²) in [5.41, 5.74) is 6.94. The van der Waals surface area contributed by atoms with Crippen LogP contribution in [0, 0.1) is 12.8 Å². The lowest BCUT2D eigenvalue weighted by molar-refractivity contribution is -0.123. The minimum Gasteiger partial charge on any atom is -0.353 e. The van der Waals surface area contributed by atoms with Crippen molar-refractivity contribution in [3.8, 4) is 0 Å². The maximum absolute atomic E-state index is 11.7. The summed E-state index contributed by atoms with van der Waals surface area (Å²) in [4.78, 5) is 11.7. The highest BCUT2D eigenvalue weighted by molar-refractivity contribution is 5.85. The van der Waals surface area contributed by atoms with E-state index >= 15 is 0 Å². The van der Waals surface area contributed by atoms with E-state index in [-0.39, 0.29) is 24.2 Å². The molecule has 0 radical (unpaired) electrons. The highest BCUT2D eigenvalue weighted by atomic mass is 35.5. The zero-order valence-corrected chi connectivity index (χ0v) is 12.0. The number of aromatic nitrogens is 2. The Morgan fingerprint density at radius 1 is 1.61 bits per heavy atom. The third-order valence-electron chi connectivity index (χ3n) is 2.96. The molecule has 2 unspecified atom stereocenters. The number of nitrogens with one attached hydrogen (secondary N) is 1. The smallest absolute Gasteiger partial charge is 0.237 e. The molecule has 1 rings (SSSR count). The van der Waals surface area contributed by atoms with Gasteiger partial charge in [0.1, 0.15) is 0 Å². The Bertz CT molecular complexity index is 367. The second kappa shape index (κ2) is 8.11. The number of nitrogens with zero attached hydrogens (tertiary/aromatic N) is 2. The van der Waals surface area contributed by atoms with Crippen molar-refractivity contribution in [3.05, 3.63) is 18.0 Å². The van der Waals surface area contributed by atoms with Crippen molar-refractivity contribution >= 4 is 18.3 Å². The SMILES string of the molecule is CCC(C)C(N)C(=O)NCCn1cc(C)cn1.Cl. The quantitative estimate of drug-likeness (QED) is 0.816. The predicted molar refractivity (Wildman–Crippen MR) is 74.7 cm³/mol. The van der Waals surface area contributed by atoms with Gasteiger partial charge in [0.05, 0.1) is 18.8 Å². The van der Waals surface area contributed by atoms with Crippen LogP contribution in [0.5, 0.6) is 0 Å². The Kier molecular flexibility index (Phi) is 7.62. The van der Waals surface area contributed by atoms with Crippen LogP contribution < -0.4 is 11.1 Å². The van der Waals surface area contributed by atoms with Crippen LogP contribution in [0.1, 0.15) is 25.8 Å². The average Bonchev–Trinajstić information content (AvgIpc) is 2.72. The molecule has 0 aliphatic rings. The van der Waals surface area contributed by atoms with Gasteiger partial charge in [0.2, 0.25) is 5.91 Å². The van der Waals surface area contributed by atoms with Crippen molar-refractivity contribution in [3.63, 3.8) is 0 Å². The fourth-order valence-electron chi connectivity index (χ4n) is 1.51. The summed E-state index contributed by atoms with van der Waals surface area (Å²) in [5.74, 6) is 0.130. The zero-order valence-electron chi connectivity index (χ0n) is 11.2. The molecule has 1 aromatic heterocycles. The van der Waals surface area contributed by atoms with Crippen LogP contribution in [0.4, 0.5) is 0 Å². The van der Waals surface area contributed by atoms with E-state index in [2.05, 4.69) is 10.4 Å². The van der Waals surface area contributed by atoms with E-state index in [0.29, 0.717) is 13.1 Å². The van der Waals surface area contributed by atoms with Gasteiger partial charge in [-0.25, -0.2) is 0 Å². The lowest BCUT2D eigenvalue weighted by atomic mass is 9.99. The van der Waals surface area contributed by atoms with Crippen molar-refractivity contribution in [2.75, 3.05) is 6.54 Å². The Morgan fingerprint density at radius 3 is 2.78 bits per heavy atom. The van der Waals surface area contributed by atoms with Crippen LogP contribution >= 0.6 is 12.4 Å². The van der Waals surface area contributed by atoms with Crippen molar-refractivity contribution in [2.45, 2.75) is 39.8 Å². The third kappa shape index (κ3) is 5.06. The number of nitrogens with two attached hydrogens (primary N) is 1. The molecule has 1 amide bonds. The second-order valence-corrected chi connectivity index (χ2v) is 4.48. The Labute approximate surface area is 115 Å². The molecule has 0 fully saturated rings. The van der Waals surface area contributed by atoms with Gasteiger partial charge in [0.15, 0.2) is 0 Å². The minimum atomic E-state index is -0.417. The van der Waals surface area contributed by atoms with Crippen molar-refractivity contribution in [1.29, 1.82) is 0 Å². The largest absolute Gasteiger partial charge is 0.353 e. The fourth-order valence-corrected chi connectivity index (χ4v) is 1.51. The first kappa shape index (κ1) is 16.9. The molecule has 0 aliphatic carbocycles.